The Labute approximate surface area is 196 Å². The number of benzene rings is 2. The second kappa shape index (κ2) is 11.8. The Hall–Kier alpha value is -2.62. The third kappa shape index (κ3) is 5.99. The number of halogens is 1. The van der Waals surface area contributed by atoms with E-state index < -0.39 is 6.10 Å². The molecule has 0 radical (unpaired) electrons. The second-order valence-corrected chi connectivity index (χ2v) is 7.79. The molecule has 0 saturated carbocycles. The standard InChI is InChI=1S/C23H28BrN3O5/c1-4-32-22(17-5-7-18(8-6-17)27-9-11-31-12-10-27)23(28)26-25-15-16-13-19(29-2)21(24)20(14-16)30-3/h5-8,13-15,22H,4,9-12H2,1-3H3,(H,26,28)/b25-15+. The lowest BCUT2D eigenvalue weighted by atomic mass is 10.1. The molecule has 0 bridgehead atoms. The van der Waals surface area contributed by atoms with Crippen LogP contribution in [0.1, 0.15) is 24.2 Å². The summed E-state index contributed by atoms with van der Waals surface area (Å²) in [4.78, 5) is 15.0. The fourth-order valence-corrected chi connectivity index (χ4v) is 3.92. The molecule has 8 nitrogen and oxygen atoms in total. The first-order valence-electron chi connectivity index (χ1n) is 10.4. The summed E-state index contributed by atoms with van der Waals surface area (Å²) in [5.74, 6) is 0.854. The lowest BCUT2D eigenvalue weighted by molar-refractivity contribution is -0.132. The van der Waals surface area contributed by atoms with Crippen molar-refractivity contribution < 1.29 is 23.7 Å². The SMILES string of the molecule is CCOC(C(=O)N/N=C/c1cc(OC)c(Br)c(OC)c1)c1ccc(N2CCOCC2)cc1. The number of nitrogens with zero attached hydrogens (tertiary/aromatic N) is 2. The van der Waals surface area contributed by atoms with Crippen molar-refractivity contribution in [1.29, 1.82) is 0 Å². The van der Waals surface area contributed by atoms with E-state index in [0.717, 1.165) is 37.6 Å². The molecule has 0 aromatic heterocycles. The van der Waals surface area contributed by atoms with E-state index in [-0.39, 0.29) is 5.91 Å². The summed E-state index contributed by atoms with van der Waals surface area (Å²) in [5, 5.41) is 4.09. The highest BCUT2D eigenvalue weighted by Gasteiger charge is 2.21. The van der Waals surface area contributed by atoms with Crippen LogP contribution in [-0.4, -0.2) is 59.3 Å². The minimum absolute atomic E-state index is 0.349. The van der Waals surface area contributed by atoms with Gasteiger partial charge in [0.2, 0.25) is 0 Å². The molecule has 1 amide bonds. The summed E-state index contributed by atoms with van der Waals surface area (Å²) >= 11 is 3.43. The van der Waals surface area contributed by atoms with Crippen molar-refractivity contribution in [2.75, 3.05) is 52.0 Å². The van der Waals surface area contributed by atoms with Gasteiger partial charge in [0.1, 0.15) is 16.0 Å². The number of carbonyl (C=O) groups is 1. The number of ether oxygens (including phenoxy) is 4. The molecule has 1 aliphatic heterocycles. The van der Waals surface area contributed by atoms with Crippen molar-refractivity contribution in [3.8, 4) is 11.5 Å². The van der Waals surface area contributed by atoms with Crippen LogP contribution < -0.4 is 19.8 Å². The van der Waals surface area contributed by atoms with Gasteiger partial charge in [0.15, 0.2) is 6.10 Å². The molecular formula is C23H28BrN3O5. The van der Waals surface area contributed by atoms with E-state index in [1.807, 2.05) is 31.2 Å². The predicted octanol–water partition coefficient (Wildman–Crippen LogP) is 3.53. The number of hydrogen-bond donors (Lipinski definition) is 1. The minimum Gasteiger partial charge on any atom is -0.495 e. The van der Waals surface area contributed by atoms with E-state index in [9.17, 15) is 4.79 Å². The van der Waals surface area contributed by atoms with Crippen LogP contribution >= 0.6 is 15.9 Å². The normalized spacial score (nSPS) is 14.9. The van der Waals surface area contributed by atoms with Gasteiger partial charge in [-0.3, -0.25) is 4.79 Å². The Balaban J connectivity index is 1.69. The molecule has 1 unspecified atom stereocenters. The molecular weight excluding hydrogens is 478 g/mol. The van der Waals surface area contributed by atoms with Crippen LogP contribution in [0.4, 0.5) is 5.69 Å². The molecule has 1 atom stereocenters. The summed E-state index contributed by atoms with van der Waals surface area (Å²) in [7, 11) is 3.14. The molecule has 1 N–H and O–H groups in total. The summed E-state index contributed by atoms with van der Waals surface area (Å²) in [5.41, 5.74) is 5.15. The van der Waals surface area contributed by atoms with Crippen LogP contribution in [0.25, 0.3) is 0 Å². The lowest BCUT2D eigenvalue weighted by Gasteiger charge is -2.29. The van der Waals surface area contributed by atoms with Crippen LogP contribution in [0.3, 0.4) is 0 Å². The van der Waals surface area contributed by atoms with Crippen LogP contribution in [0, 0.1) is 0 Å². The first-order chi connectivity index (χ1) is 15.6. The van der Waals surface area contributed by atoms with Crippen LogP contribution in [0.5, 0.6) is 11.5 Å². The molecule has 32 heavy (non-hydrogen) atoms. The molecule has 1 aliphatic rings. The highest BCUT2D eigenvalue weighted by Crippen LogP contribution is 2.35. The number of morpholine rings is 1. The molecule has 0 spiro atoms. The summed E-state index contributed by atoms with van der Waals surface area (Å²) in [6.07, 6.45) is 0.768. The van der Waals surface area contributed by atoms with Crippen molar-refractivity contribution in [2.24, 2.45) is 5.10 Å². The summed E-state index contributed by atoms with van der Waals surface area (Å²) in [6, 6.07) is 11.4. The highest BCUT2D eigenvalue weighted by molar-refractivity contribution is 9.10. The van der Waals surface area contributed by atoms with Crippen molar-refractivity contribution >= 4 is 33.7 Å². The summed E-state index contributed by atoms with van der Waals surface area (Å²) < 4.78 is 22.5. The lowest BCUT2D eigenvalue weighted by Crippen LogP contribution is -2.36. The van der Waals surface area contributed by atoms with Gasteiger partial charge in [0, 0.05) is 30.9 Å². The number of nitrogens with one attached hydrogen (secondary N) is 1. The topological polar surface area (TPSA) is 81.6 Å². The smallest absolute Gasteiger partial charge is 0.273 e. The van der Waals surface area contributed by atoms with E-state index in [2.05, 4.69) is 31.4 Å². The number of methoxy groups -OCH3 is 2. The Morgan fingerprint density at radius 1 is 1.19 bits per heavy atom. The van der Waals surface area contributed by atoms with Crippen molar-refractivity contribution in [1.82, 2.24) is 5.43 Å². The van der Waals surface area contributed by atoms with Gasteiger partial charge in [-0.15, -0.1) is 0 Å². The zero-order valence-corrected chi connectivity index (χ0v) is 20.1. The van der Waals surface area contributed by atoms with E-state index in [4.69, 9.17) is 18.9 Å². The van der Waals surface area contributed by atoms with Gasteiger partial charge in [0.25, 0.3) is 5.91 Å². The molecule has 2 aromatic carbocycles. The van der Waals surface area contributed by atoms with Gasteiger partial charge in [-0.1, -0.05) is 12.1 Å². The van der Waals surface area contributed by atoms with Crippen molar-refractivity contribution in [3.63, 3.8) is 0 Å². The maximum atomic E-state index is 12.8. The van der Waals surface area contributed by atoms with Crippen molar-refractivity contribution in [2.45, 2.75) is 13.0 Å². The fraction of sp³-hybridized carbons (Fsp3) is 0.391. The summed E-state index contributed by atoms with van der Waals surface area (Å²) in [6.45, 7) is 5.41. The Kier molecular flexibility index (Phi) is 8.90. The number of hydrogen-bond acceptors (Lipinski definition) is 7. The van der Waals surface area contributed by atoms with Gasteiger partial charge in [-0.2, -0.15) is 5.10 Å². The molecule has 2 aromatic rings. The number of rotatable bonds is 9. The zero-order chi connectivity index (χ0) is 22.9. The Bertz CT molecular complexity index is 905. The quantitative estimate of drug-likeness (QED) is 0.414. The van der Waals surface area contributed by atoms with E-state index in [1.165, 1.54) is 6.21 Å². The van der Waals surface area contributed by atoms with E-state index in [0.29, 0.717) is 28.1 Å². The van der Waals surface area contributed by atoms with Crippen LogP contribution in [0.2, 0.25) is 0 Å². The number of carbonyl (C=O) groups excluding carboxylic acids is 1. The maximum Gasteiger partial charge on any atom is 0.273 e. The first-order valence-corrected chi connectivity index (χ1v) is 11.1. The average Bonchev–Trinajstić information content (AvgIpc) is 2.84. The fourth-order valence-electron chi connectivity index (χ4n) is 3.36. The maximum absolute atomic E-state index is 12.8. The number of amides is 1. The number of hydrazone groups is 1. The van der Waals surface area contributed by atoms with Gasteiger partial charge in [-0.25, -0.2) is 5.43 Å². The van der Waals surface area contributed by atoms with E-state index >= 15 is 0 Å². The average molecular weight is 506 g/mol. The molecule has 3 rings (SSSR count). The van der Waals surface area contributed by atoms with E-state index in [1.54, 1.807) is 26.4 Å². The third-order valence-corrected chi connectivity index (χ3v) is 5.78. The molecule has 1 fully saturated rings. The van der Waals surface area contributed by atoms with Gasteiger partial charge in [0.05, 0.1) is 33.6 Å². The monoisotopic (exact) mass is 505 g/mol. The van der Waals surface area contributed by atoms with Gasteiger partial charge < -0.3 is 23.8 Å². The van der Waals surface area contributed by atoms with Crippen molar-refractivity contribution in [3.05, 3.63) is 52.0 Å². The molecule has 9 heteroatoms. The first kappa shape index (κ1) is 24.0. The second-order valence-electron chi connectivity index (χ2n) is 7.00. The minimum atomic E-state index is -0.759. The predicted molar refractivity (Wildman–Crippen MR) is 127 cm³/mol. The van der Waals surface area contributed by atoms with Gasteiger partial charge in [-0.05, 0) is 52.7 Å². The molecule has 1 heterocycles. The molecule has 172 valence electrons. The molecule has 0 aliphatic carbocycles. The van der Waals surface area contributed by atoms with Gasteiger partial charge >= 0.3 is 0 Å². The highest BCUT2D eigenvalue weighted by atomic mass is 79.9. The third-order valence-electron chi connectivity index (χ3n) is 5.00. The molecule has 1 saturated heterocycles. The van der Waals surface area contributed by atoms with Crippen LogP contribution in [0.15, 0.2) is 46.0 Å². The largest absolute Gasteiger partial charge is 0.495 e. The Morgan fingerprint density at radius 3 is 2.38 bits per heavy atom. The Morgan fingerprint density at radius 2 is 1.81 bits per heavy atom. The number of anilines is 1. The zero-order valence-electron chi connectivity index (χ0n) is 18.5. The van der Waals surface area contributed by atoms with Crippen LogP contribution in [-0.2, 0) is 14.3 Å².